The first kappa shape index (κ1) is 12.9. The largest absolute Gasteiger partial charge is 0.493 e. The minimum absolute atomic E-state index is 0.181. The molecule has 2 aromatic rings. The van der Waals surface area contributed by atoms with Gasteiger partial charge in [0.15, 0.2) is 11.5 Å². The summed E-state index contributed by atoms with van der Waals surface area (Å²) in [5, 5.41) is 6.20. The van der Waals surface area contributed by atoms with E-state index in [1.807, 2.05) is 6.07 Å². The Morgan fingerprint density at radius 3 is 2.68 bits per heavy atom. The highest BCUT2D eigenvalue weighted by molar-refractivity contribution is 5.91. The van der Waals surface area contributed by atoms with Gasteiger partial charge >= 0.3 is 0 Å². The first-order valence-electron chi connectivity index (χ1n) is 5.64. The Bertz CT molecular complexity index is 552. The van der Waals surface area contributed by atoms with Gasteiger partial charge in [0.1, 0.15) is 0 Å². The molecule has 0 saturated carbocycles. The van der Waals surface area contributed by atoms with Crippen molar-refractivity contribution < 1.29 is 18.8 Å². The van der Waals surface area contributed by atoms with Gasteiger partial charge in [0.25, 0.3) is 5.91 Å². The molecule has 0 aliphatic carbocycles. The van der Waals surface area contributed by atoms with Gasteiger partial charge in [0.05, 0.1) is 20.4 Å². The number of nitrogens with one attached hydrogen (secondary N) is 1. The van der Waals surface area contributed by atoms with E-state index in [0.29, 0.717) is 18.0 Å². The second kappa shape index (κ2) is 5.90. The van der Waals surface area contributed by atoms with Gasteiger partial charge < -0.3 is 19.3 Å². The van der Waals surface area contributed by atoms with Crippen molar-refractivity contribution in [2.75, 3.05) is 14.2 Å². The third-order valence-electron chi connectivity index (χ3n) is 2.56. The summed E-state index contributed by atoms with van der Waals surface area (Å²) in [5.41, 5.74) is 0.894. The van der Waals surface area contributed by atoms with Gasteiger partial charge in [0, 0.05) is 12.6 Å². The van der Waals surface area contributed by atoms with E-state index in [1.54, 1.807) is 26.4 Å². The van der Waals surface area contributed by atoms with Crippen LogP contribution in [0.3, 0.4) is 0 Å². The van der Waals surface area contributed by atoms with Crippen LogP contribution in [0.2, 0.25) is 0 Å². The number of hydrogen-bond acceptors (Lipinski definition) is 5. The lowest BCUT2D eigenvalue weighted by Gasteiger charge is -2.09. The Balaban J connectivity index is 2.02. The first-order chi connectivity index (χ1) is 9.24. The molecule has 0 saturated heterocycles. The maximum Gasteiger partial charge on any atom is 0.290 e. The van der Waals surface area contributed by atoms with Crippen molar-refractivity contribution in [1.82, 2.24) is 10.5 Å². The summed E-state index contributed by atoms with van der Waals surface area (Å²) >= 11 is 0. The lowest BCUT2D eigenvalue weighted by atomic mass is 10.2. The summed E-state index contributed by atoms with van der Waals surface area (Å²) in [6.45, 7) is 0.361. The molecule has 0 aliphatic rings. The number of rotatable bonds is 5. The van der Waals surface area contributed by atoms with E-state index in [-0.39, 0.29) is 11.7 Å². The number of hydrogen-bond donors (Lipinski definition) is 1. The fourth-order valence-corrected chi connectivity index (χ4v) is 1.59. The molecule has 1 N–H and O–H groups in total. The highest BCUT2D eigenvalue weighted by atomic mass is 16.5. The van der Waals surface area contributed by atoms with Crippen LogP contribution in [0.25, 0.3) is 0 Å². The molecule has 1 amide bonds. The van der Waals surface area contributed by atoms with Gasteiger partial charge in [-0.3, -0.25) is 4.79 Å². The van der Waals surface area contributed by atoms with Crippen LogP contribution in [0.5, 0.6) is 11.5 Å². The van der Waals surface area contributed by atoms with Crippen molar-refractivity contribution in [3.63, 3.8) is 0 Å². The zero-order chi connectivity index (χ0) is 13.7. The Morgan fingerprint density at radius 1 is 1.26 bits per heavy atom. The smallest absolute Gasteiger partial charge is 0.290 e. The zero-order valence-corrected chi connectivity index (χ0v) is 10.7. The number of aromatic nitrogens is 1. The molecule has 1 heterocycles. The number of methoxy groups -OCH3 is 2. The van der Waals surface area contributed by atoms with Crippen LogP contribution >= 0.6 is 0 Å². The van der Waals surface area contributed by atoms with E-state index >= 15 is 0 Å². The van der Waals surface area contributed by atoms with Crippen LogP contribution in [-0.4, -0.2) is 25.3 Å². The normalized spacial score (nSPS) is 10.0. The van der Waals surface area contributed by atoms with E-state index in [9.17, 15) is 4.79 Å². The SMILES string of the molecule is COc1ccc(CNC(=O)c2ccno2)cc1OC. The van der Waals surface area contributed by atoms with Crippen LogP contribution in [0.1, 0.15) is 16.1 Å². The van der Waals surface area contributed by atoms with Crippen molar-refractivity contribution in [3.8, 4) is 11.5 Å². The molecule has 1 aromatic carbocycles. The summed E-state index contributed by atoms with van der Waals surface area (Å²) in [5.74, 6) is 1.13. The summed E-state index contributed by atoms with van der Waals surface area (Å²) in [6.07, 6.45) is 1.42. The summed E-state index contributed by atoms with van der Waals surface area (Å²) in [7, 11) is 3.14. The average Bonchev–Trinajstić information content (AvgIpc) is 2.98. The second-order valence-corrected chi connectivity index (χ2v) is 3.75. The van der Waals surface area contributed by atoms with Gasteiger partial charge in [-0.2, -0.15) is 0 Å². The quantitative estimate of drug-likeness (QED) is 0.886. The molecule has 2 rings (SSSR count). The Labute approximate surface area is 110 Å². The molecule has 6 heteroatoms. The van der Waals surface area contributed by atoms with Crippen molar-refractivity contribution in [2.24, 2.45) is 0 Å². The van der Waals surface area contributed by atoms with Crippen LogP contribution in [0.15, 0.2) is 35.0 Å². The minimum atomic E-state index is -0.313. The molecule has 0 radical (unpaired) electrons. The maximum atomic E-state index is 11.7. The van der Waals surface area contributed by atoms with Crippen LogP contribution in [0, 0.1) is 0 Å². The number of amides is 1. The molecule has 6 nitrogen and oxygen atoms in total. The Kier molecular flexibility index (Phi) is 4.02. The lowest BCUT2D eigenvalue weighted by molar-refractivity contribution is 0.0914. The molecule has 19 heavy (non-hydrogen) atoms. The van der Waals surface area contributed by atoms with E-state index in [0.717, 1.165) is 5.56 Å². The highest BCUT2D eigenvalue weighted by Gasteiger charge is 2.10. The van der Waals surface area contributed by atoms with Gasteiger partial charge in [-0.1, -0.05) is 11.2 Å². The number of ether oxygens (including phenoxy) is 2. The number of carbonyl (C=O) groups is 1. The van der Waals surface area contributed by atoms with Crippen molar-refractivity contribution in [1.29, 1.82) is 0 Å². The van der Waals surface area contributed by atoms with Gasteiger partial charge in [-0.25, -0.2) is 0 Å². The monoisotopic (exact) mass is 262 g/mol. The molecule has 1 aromatic heterocycles. The Morgan fingerprint density at radius 2 is 2.05 bits per heavy atom. The molecule has 0 unspecified atom stereocenters. The average molecular weight is 262 g/mol. The number of benzene rings is 1. The van der Waals surface area contributed by atoms with E-state index in [2.05, 4.69) is 10.5 Å². The first-order valence-corrected chi connectivity index (χ1v) is 5.64. The molecule has 100 valence electrons. The van der Waals surface area contributed by atoms with Crippen LogP contribution in [0.4, 0.5) is 0 Å². The maximum absolute atomic E-state index is 11.7. The number of carbonyl (C=O) groups excluding carboxylic acids is 1. The number of nitrogens with zero attached hydrogens (tertiary/aromatic N) is 1. The third-order valence-corrected chi connectivity index (χ3v) is 2.56. The fraction of sp³-hybridized carbons (Fsp3) is 0.231. The van der Waals surface area contributed by atoms with Crippen molar-refractivity contribution >= 4 is 5.91 Å². The van der Waals surface area contributed by atoms with E-state index in [4.69, 9.17) is 14.0 Å². The van der Waals surface area contributed by atoms with Crippen LogP contribution in [-0.2, 0) is 6.54 Å². The molecular formula is C13H14N2O4. The van der Waals surface area contributed by atoms with E-state index in [1.165, 1.54) is 12.3 Å². The second-order valence-electron chi connectivity index (χ2n) is 3.75. The fourth-order valence-electron chi connectivity index (χ4n) is 1.59. The summed E-state index contributed by atoms with van der Waals surface area (Å²) in [6, 6.07) is 6.94. The molecule has 0 fully saturated rings. The summed E-state index contributed by atoms with van der Waals surface area (Å²) < 4.78 is 15.1. The molecule has 0 atom stereocenters. The predicted molar refractivity (Wildman–Crippen MR) is 67.2 cm³/mol. The lowest BCUT2D eigenvalue weighted by Crippen LogP contribution is -2.22. The molecule has 0 spiro atoms. The van der Waals surface area contributed by atoms with Crippen LogP contribution < -0.4 is 14.8 Å². The molecule has 0 aliphatic heterocycles. The minimum Gasteiger partial charge on any atom is -0.493 e. The van der Waals surface area contributed by atoms with Crippen molar-refractivity contribution in [2.45, 2.75) is 6.54 Å². The third kappa shape index (κ3) is 3.04. The van der Waals surface area contributed by atoms with E-state index < -0.39 is 0 Å². The van der Waals surface area contributed by atoms with Gasteiger partial charge in [-0.15, -0.1) is 0 Å². The highest BCUT2D eigenvalue weighted by Crippen LogP contribution is 2.27. The zero-order valence-electron chi connectivity index (χ0n) is 10.7. The summed E-state index contributed by atoms with van der Waals surface area (Å²) in [4.78, 5) is 11.7. The van der Waals surface area contributed by atoms with Gasteiger partial charge in [-0.05, 0) is 17.7 Å². The standard InChI is InChI=1S/C13H14N2O4/c1-17-10-4-3-9(7-12(10)18-2)8-14-13(16)11-5-6-15-19-11/h3-7H,8H2,1-2H3,(H,14,16). The predicted octanol–water partition coefficient (Wildman–Crippen LogP) is 1.62. The Hall–Kier alpha value is -2.50. The molecule has 0 bridgehead atoms. The van der Waals surface area contributed by atoms with Crippen molar-refractivity contribution in [3.05, 3.63) is 41.8 Å². The topological polar surface area (TPSA) is 73.6 Å². The van der Waals surface area contributed by atoms with Gasteiger partial charge in [0.2, 0.25) is 5.76 Å². The molecular weight excluding hydrogens is 248 g/mol.